The molecule has 0 saturated carbocycles. The van der Waals surface area contributed by atoms with Gasteiger partial charge in [-0.1, -0.05) is 13.8 Å². The summed E-state index contributed by atoms with van der Waals surface area (Å²) in [6.07, 6.45) is 6.37. The van der Waals surface area contributed by atoms with Gasteiger partial charge in [-0.05, 0) is 24.8 Å². The van der Waals surface area contributed by atoms with E-state index in [0.29, 0.717) is 18.0 Å². The van der Waals surface area contributed by atoms with Crippen LogP contribution in [-0.2, 0) is 7.05 Å². The van der Waals surface area contributed by atoms with Crippen molar-refractivity contribution in [2.75, 3.05) is 19.6 Å². The lowest BCUT2D eigenvalue weighted by atomic mass is 9.83. The van der Waals surface area contributed by atoms with E-state index in [1.54, 1.807) is 0 Å². The Labute approximate surface area is 104 Å². The maximum Gasteiger partial charge on any atom is 0.0946 e. The number of piperidine rings is 1. The number of hydrogen-bond donors (Lipinski definition) is 1. The molecule has 96 valence electrons. The van der Waals surface area contributed by atoms with E-state index in [4.69, 9.17) is 5.73 Å². The molecule has 1 atom stereocenters. The highest BCUT2D eigenvalue weighted by molar-refractivity contribution is 5.07. The van der Waals surface area contributed by atoms with E-state index in [2.05, 4.69) is 28.3 Å². The van der Waals surface area contributed by atoms with E-state index in [1.165, 1.54) is 18.5 Å². The first-order chi connectivity index (χ1) is 8.03. The average Bonchev–Trinajstić information content (AvgIpc) is 2.65. The van der Waals surface area contributed by atoms with Gasteiger partial charge in [0.15, 0.2) is 0 Å². The first-order valence-electron chi connectivity index (χ1n) is 6.44. The molecule has 0 bridgehead atoms. The molecule has 1 aromatic heterocycles. The number of likely N-dealkylation sites (tertiary alicyclic amines) is 1. The van der Waals surface area contributed by atoms with Crippen molar-refractivity contribution in [3.63, 3.8) is 0 Å². The molecule has 2 rings (SSSR count). The Hall–Kier alpha value is -0.870. The number of imidazole rings is 1. The molecule has 0 aromatic carbocycles. The molecule has 4 nitrogen and oxygen atoms in total. The topological polar surface area (TPSA) is 47.1 Å². The fraction of sp³-hybridized carbons (Fsp3) is 0.769. The lowest BCUT2D eigenvalue weighted by Gasteiger charge is -2.42. The van der Waals surface area contributed by atoms with E-state index >= 15 is 0 Å². The van der Waals surface area contributed by atoms with Crippen LogP contribution < -0.4 is 5.73 Å². The Morgan fingerprint density at radius 2 is 2.29 bits per heavy atom. The number of nitrogens with zero attached hydrogens (tertiary/aromatic N) is 3. The summed E-state index contributed by atoms with van der Waals surface area (Å²) in [7, 11) is 2.04. The van der Waals surface area contributed by atoms with E-state index in [1.807, 2.05) is 19.6 Å². The monoisotopic (exact) mass is 236 g/mol. The molecular weight excluding hydrogens is 212 g/mol. The van der Waals surface area contributed by atoms with Gasteiger partial charge in [-0.3, -0.25) is 4.90 Å². The lowest BCUT2D eigenvalue weighted by Crippen LogP contribution is -2.44. The zero-order valence-electron chi connectivity index (χ0n) is 11.2. The van der Waals surface area contributed by atoms with Crippen LogP contribution in [0.2, 0.25) is 0 Å². The molecule has 1 fully saturated rings. The number of rotatable bonds is 3. The van der Waals surface area contributed by atoms with Gasteiger partial charge in [0.05, 0.1) is 18.1 Å². The Morgan fingerprint density at radius 1 is 1.53 bits per heavy atom. The molecule has 2 heterocycles. The average molecular weight is 236 g/mol. The van der Waals surface area contributed by atoms with Crippen LogP contribution in [0.1, 0.15) is 38.4 Å². The maximum absolute atomic E-state index is 5.97. The molecule has 0 amide bonds. The summed E-state index contributed by atoms with van der Waals surface area (Å²) in [6.45, 7) is 7.62. The summed E-state index contributed by atoms with van der Waals surface area (Å²) in [5.41, 5.74) is 7.60. The second-order valence-corrected chi connectivity index (χ2v) is 5.92. The Bertz CT molecular complexity index is 369. The quantitative estimate of drug-likeness (QED) is 0.866. The molecule has 0 spiro atoms. The van der Waals surface area contributed by atoms with Gasteiger partial charge in [0.2, 0.25) is 0 Å². The number of hydrogen-bond acceptors (Lipinski definition) is 3. The second-order valence-electron chi connectivity index (χ2n) is 5.92. The SMILES string of the molecule is Cn1cncc1C(CN)N1CCCC(C)(C)C1. The van der Waals surface area contributed by atoms with Crippen molar-refractivity contribution in [1.29, 1.82) is 0 Å². The summed E-state index contributed by atoms with van der Waals surface area (Å²) >= 11 is 0. The van der Waals surface area contributed by atoms with Crippen LogP contribution >= 0.6 is 0 Å². The predicted molar refractivity (Wildman–Crippen MR) is 69.6 cm³/mol. The minimum Gasteiger partial charge on any atom is -0.336 e. The zero-order chi connectivity index (χ0) is 12.5. The molecule has 1 aliphatic rings. The molecule has 1 unspecified atom stereocenters. The number of aryl methyl sites for hydroxylation is 1. The summed E-state index contributed by atoms with van der Waals surface area (Å²) in [5, 5.41) is 0. The molecule has 2 N–H and O–H groups in total. The van der Waals surface area contributed by atoms with Gasteiger partial charge in [-0.25, -0.2) is 4.98 Å². The van der Waals surface area contributed by atoms with Crippen molar-refractivity contribution in [2.24, 2.45) is 18.2 Å². The zero-order valence-corrected chi connectivity index (χ0v) is 11.2. The highest BCUT2D eigenvalue weighted by atomic mass is 15.2. The van der Waals surface area contributed by atoms with Gasteiger partial charge in [0, 0.05) is 26.3 Å². The largest absolute Gasteiger partial charge is 0.336 e. The highest BCUT2D eigenvalue weighted by Gasteiger charge is 2.31. The predicted octanol–water partition coefficient (Wildman–Crippen LogP) is 1.54. The van der Waals surface area contributed by atoms with E-state index in [-0.39, 0.29) is 0 Å². The van der Waals surface area contributed by atoms with Gasteiger partial charge < -0.3 is 10.3 Å². The first kappa shape index (κ1) is 12.6. The van der Waals surface area contributed by atoms with Crippen molar-refractivity contribution >= 4 is 0 Å². The molecule has 0 radical (unpaired) electrons. The highest BCUT2D eigenvalue weighted by Crippen LogP contribution is 2.33. The summed E-state index contributed by atoms with van der Waals surface area (Å²) in [5.74, 6) is 0. The smallest absolute Gasteiger partial charge is 0.0946 e. The molecule has 0 aliphatic carbocycles. The lowest BCUT2D eigenvalue weighted by molar-refractivity contribution is 0.0779. The van der Waals surface area contributed by atoms with E-state index < -0.39 is 0 Å². The molecular formula is C13H24N4. The molecule has 1 saturated heterocycles. The summed E-state index contributed by atoms with van der Waals surface area (Å²) < 4.78 is 2.08. The molecule has 1 aliphatic heterocycles. The van der Waals surface area contributed by atoms with Gasteiger partial charge in [-0.2, -0.15) is 0 Å². The summed E-state index contributed by atoms with van der Waals surface area (Å²) in [6, 6.07) is 0.307. The van der Waals surface area contributed by atoms with Crippen molar-refractivity contribution in [3.8, 4) is 0 Å². The van der Waals surface area contributed by atoms with Crippen LogP contribution in [0.3, 0.4) is 0 Å². The third-order valence-electron chi connectivity index (χ3n) is 3.79. The Kier molecular flexibility index (Phi) is 3.54. The van der Waals surface area contributed by atoms with Crippen molar-refractivity contribution in [3.05, 3.63) is 18.2 Å². The van der Waals surface area contributed by atoms with Crippen LogP contribution in [0.4, 0.5) is 0 Å². The van der Waals surface area contributed by atoms with Crippen molar-refractivity contribution < 1.29 is 0 Å². The first-order valence-corrected chi connectivity index (χ1v) is 6.44. The van der Waals surface area contributed by atoms with E-state index in [9.17, 15) is 0 Å². The number of nitrogens with two attached hydrogens (primary N) is 1. The third kappa shape index (κ3) is 2.69. The summed E-state index contributed by atoms with van der Waals surface area (Å²) in [4.78, 5) is 6.72. The maximum atomic E-state index is 5.97. The van der Waals surface area contributed by atoms with Crippen LogP contribution in [-0.4, -0.2) is 34.1 Å². The van der Waals surface area contributed by atoms with Gasteiger partial charge in [0.1, 0.15) is 0 Å². The fourth-order valence-electron chi connectivity index (χ4n) is 2.88. The Balaban J connectivity index is 2.16. The third-order valence-corrected chi connectivity index (χ3v) is 3.79. The molecule has 17 heavy (non-hydrogen) atoms. The number of aromatic nitrogens is 2. The van der Waals surface area contributed by atoms with Crippen LogP contribution in [0.15, 0.2) is 12.5 Å². The van der Waals surface area contributed by atoms with Crippen molar-refractivity contribution in [2.45, 2.75) is 32.7 Å². The minimum atomic E-state index is 0.307. The van der Waals surface area contributed by atoms with Gasteiger partial charge >= 0.3 is 0 Å². The van der Waals surface area contributed by atoms with E-state index in [0.717, 1.165) is 13.1 Å². The molecule has 1 aromatic rings. The van der Waals surface area contributed by atoms with Crippen LogP contribution in [0.25, 0.3) is 0 Å². The molecule has 4 heteroatoms. The standard InChI is InChI=1S/C13H24N4/c1-13(2)5-4-6-17(9-13)11(7-14)12-8-15-10-16(12)3/h8,10-11H,4-7,9,14H2,1-3H3. The fourth-order valence-corrected chi connectivity index (χ4v) is 2.88. The normalized spacial score (nSPS) is 22.6. The second kappa shape index (κ2) is 4.78. The van der Waals surface area contributed by atoms with Gasteiger partial charge in [0.25, 0.3) is 0 Å². The van der Waals surface area contributed by atoms with Crippen LogP contribution in [0.5, 0.6) is 0 Å². The van der Waals surface area contributed by atoms with Crippen molar-refractivity contribution in [1.82, 2.24) is 14.5 Å². The van der Waals surface area contributed by atoms with Gasteiger partial charge in [-0.15, -0.1) is 0 Å². The minimum absolute atomic E-state index is 0.307. The Morgan fingerprint density at radius 3 is 2.82 bits per heavy atom. The van der Waals surface area contributed by atoms with Crippen LogP contribution in [0, 0.1) is 5.41 Å².